The quantitative estimate of drug-likeness (QED) is 0.285. The molecule has 8 heteroatoms. The summed E-state index contributed by atoms with van der Waals surface area (Å²) in [7, 11) is 0. The molecule has 3 aromatic heterocycles. The lowest BCUT2D eigenvalue weighted by molar-refractivity contribution is -0.130. The van der Waals surface area contributed by atoms with Gasteiger partial charge in [0.1, 0.15) is 5.01 Å². The number of rotatable bonds is 6. The smallest absolute Gasteiger partial charge is 0.290 e. The Morgan fingerprint density at radius 1 is 1.05 bits per heavy atom. The minimum absolute atomic E-state index is 0.0650. The van der Waals surface area contributed by atoms with Crippen LogP contribution in [0, 0.1) is 6.92 Å². The number of carbonyl (C=O) groups is 2. The number of aliphatic hydroxyl groups excluding tert-OH is 1. The molecule has 4 heterocycles. The Labute approximate surface area is 216 Å². The Bertz CT molecular complexity index is 1670. The fourth-order valence-electron chi connectivity index (χ4n) is 4.81. The average Bonchev–Trinajstić information content (AvgIpc) is 3.60. The number of aromatic nitrogens is 3. The van der Waals surface area contributed by atoms with Crippen LogP contribution in [0.2, 0.25) is 0 Å². The van der Waals surface area contributed by atoms with Gasteiger partial charge in [-0.2, -0.15) is 0 Å². The summed E-state index contributed by atoms with van der Waals surface area (Å²) >= 11 is 1.27. The van der Waals surface area contributed by atoms with Crippen LogP contribution in [0.4, 0.5) is 0 Å². The first kappa shape index (κ1) is 22.9. The molecule has 0 saturated heterocycles. The zero-order valence-electron chi connectivity index (χ0n) is 19.9. The molecule has 0 bridgehead atoms. The highest BCUT2D eigenvalue weighted by molar-refractivity contribution is 7.17. The molecule has 0 radical (unpaired) electrons. The van der Waals surface area contributed by atoms with Gasteiger partial charge in [-0.05, 0) is 30.7 Å². The molecule has 5 aromatic rings. The van der Waals surface area contributed by atoms with Gasteiger partial charge in [-0.25, -0.2) is 4.98 Å². The molecule has 2 aromatic carbocycles. The lowest BCUT2D eigenvalue weighted by Gasteiger charge is -2.26. The molecular formula is C29H22N4O3S. The van der Waals surface area contributed by atoms with Crippen LogP contribution in [0.3, 0.4) is 0 Å². The summed E-state index contributed by atoms with van der Waals surface area (Å²) in [5, 5.41) is 12.7. The molecule has 1 aliphatic rings. The van der Waals surface area contributed by atoms with Crippen molar-refractivity contribution in [1.82, 2.24) is 19.9 Å². The number of hydrogen-bond acceptors (Lipinski definition) is 6. The fourth-order valence-corrected chi connectivity index (χ4v) is 5.84. The molecule has 0 spiro atoms. The predicted molar refractivity (Wildman–Crippen MR) is 142 cm³/mol. The topological polar surface area (TPSA) is 99.2 Å². The number of fused-ring (bicyclic) bond motifs is 1. The molecule has 0 fully saturated rings. The molecule has 7 nitrogen and oxygen atoms in total. The molecular weight excluding hydrogens is 484 g/mol. The largest absolute Gasteiger partial charge is 0.503 e. The number of aliphatic hydroxyl groups is 1. The maximum Gasteiger partial charge on any atom is 0.290 e. The van der Waals surface area contributed by atoms with E-state index in [2.05, 4.69) is 15.0 Å². The molecule has 0 saturated carbocycles. The minimum atomic E-state index is -0.772. The number of pyridine rings is 1. The van der Waals surface area contributed by atoms with Gasteiger partial charge in [-0.15, -0.1) is 11.3 Å². The van der Waals surface area contributed by atoms with Crippen LogP contribution < -0.4 is 0 Å². The molecule has 6 rings (SSSR count). The summed E-state index contributed by atoms with van der Waals surface area (Å²) in [5.41, 5.74) is 4.00. The van der Waals surface area contributed by atoms with Crippen LogP contribution in [0.25, 0.3) is 21.5 Å². The number of nitrogens with one attached hydrogen (secondary N) is 1. The summed E-state index contributed by atoms with van der Waals surface area (Å²) in [5.74, 6) is -1.50. The van der Waals surface area contributed by atoms with E-state index in [1.54, 1.807) is 24.2 Å². The highest BCUT2D eigenvalue weighted by atomic mass is 32.1. The zero-order chi connectivity index (χ0) is 25.5. The van der Waals surface area contributed by atoms with Gasteiger partial charge in [-0.3, -0.25) is 14.6 Å². The lowest BCUT2D eigenvalue weighted by Crippen LogP contribution is -2.30. The summed E-state index contributed by atoms with van der Waals surface area (Å²) < 4.78 is 0. The summed E-state index contributed by atoms with van der Waals surface area (Å²) in [6.07, 6.45) is 5.12. The van der Waals surface area contributed by atoms with Gasteiger partial charge in [0, 0.05) is 47.2 Å². The van der Waals surface area contributed by atoms with Crippen LogP contribution in [0.1, 0.15) is 32.5 Å². The van der Waals surface area contributed by atoms with Crippen LogP contribution in [-0.2, 0) is 11.3 Å². The van der Waals surface area contributed by atoms with Crippen molar-refractivity contribution >= 4 is 33.9 Å². The van der Waals surface area contributed by atoms with E-state index in [-0.39, 0.29) is 12.1 Å². The second-order valence-corrected chi connectivity index (χ2v) is 9.87. The third-order valence-corrected chi connectivity index (χ3v) is 7.80. The highest BCUT2D eigenvalue weighted by Gasteiger charge is 2.45. The number of amides is 1. The van der Waals surface area contributed by atoms with E-state index in [1.165, 1.54) is 11.3 Å². The molecule has 0 aliphatic carbocycles. The van der Waals surface area contributed by atoms with E-state index in [0.717, 1.165) is 27.6 Å². The van der Waals surface area contributed by atoms with Crippen LogP contribution in [0.5, 0.6) is 0 Å². The second kappa shape index (κ2) is 9.15. The Balaban J connectivity index is 1.47. The third-order valence-electron chi connectivity index (χ3n) is 6.59. The predicted octanol–water partition coefficient (Wildman–Crippen LogP) is 5.77. The highest BCUT2D eigenvalue weighted by Crippen LogP contribution is 2.43. The van der Waals surface area contributed by atoms with E-state index in [9.17, 15) is 14.7 Å². The van der Waals surface area contributed by atoms with Crippen molar-refractivity contribution in [3.05, 3.63) is 118 Å². The number of thiazole rings is 1. The number of hydrogen-bond donors (Lipinski definition) is 2. The average molecular weight is 507 g/mol. The van der Waals surface area contributed by atoms with Gasteiger partial charge in [-0.1, -0.05) is 48.5 Å². The van der Waals surface area contributed by atoms with E-state index < -0.39 is 23.5 Å². The zero-order valence-corrected chi connectivity index (χ0v) is 20.7. The minimum Gasteiger partial charge on any atom is -0.503 e. The van der Waals surface area contributed by atoms with Gasteiger partial charge in [0.05, 0.1) is 22.2 Å². The number of Topliss-reactive ketones (excluding diaryl/α,β-unsaturated/α-hetero) is 1. The number of benzene rings is 2. The molecule has 1 amide bonds. The maximum absolute atomic E-state index is 14.1. The number of H-pyrrole nitrogens is 1. The molecule has 1 aliphatic heterocycles. The van der Waals surface area contributed by atoms with Gasteiger partial charge in [0.15, 0.2) is 5.76 Å². The van der Waals surface area contributed by atoms with Crippen molar-refractivity contribution in [3.8, 4) is 10.6 Å². The molecule has 1 unspecified atom stereocenters. The summed E-state index contributed by atoms with van der Waals surface area (Å²) in [6.45, 7) is 1.99. The molecule has 1 atom stereocenters. The van der Waals surface area contributed by atoms with Crippen molar-refractivity contribution < 1.29 is 14.7 Å². The van der Waals surface area contributed by atoms with Crippen molar-refractivity contribution in [2.24, 2.45) is 0 Å². The number of carbonyl (C=O) groups excluding carboxylic acids is 2. The third kappa shape index (κ3) is 3.91. The Morgan fingerprint density at radius 3 is 2.57 bits per heavy atom. The van der Waals surface area contributed by atoms with E-state index >= 15 is 0 Å². The summed E-state index contributed by atoms with van der Waals surface area (Å²) in [6, 6.07) is 20.2. The van der Waals surface area contributed by atoms with Crippen molar-refractivity contribution in [2.75, 3.05) is 0 Å². The first-order valence-electron chi connectivity index (χ1n) is 11.8. The lowest BCUT2D eigenvalue weighted by atomic mass is 9.94. The SMILES string of the molecule is Cc1nc(-c2ccccc2)sc1C(=O)C1=C(O)C(=O)N(Cc2ccncc2)C1c1c[nH]c2ccccc12. The first-order valence-corrected chi connectivity index (χ1v) is 12.6. The maximum atomic E-state index is 14.1. The van der Waals surface area contributed by atoms with E-state index in [0.29, 0.717) is 15.6 Å². The molecule has 182 valence electrons. The van der Waals surface area contributed by atoms with Crippen LogP contribution in [0.15, 0.2) is 96.7 Å². The van der Waals surface area contributed by atoms with Crippen LogP contribution in [-0.4, -0.2) is 36.6 Å². The van der Waals surface area contributed by atoms with Crippen LogP contribution >= 0.6 is 11.3 Å². The Hall–Kier alpha value is -4.56. The number of para-hydroxylation sites is 1. The normalized spacial score (nSPS) is 15.6. The van der Waals surface area contributed by atoms with E-state index in [1.807, 2.05) is 72.9 Å². The number of aromatic amines is 1. The standard InChI is InChI=1S/C29H22N4O3S/c1-17-27(37-28(32-17)19-7-3-2-4-8-19)25(34)23-24(21-15-31-22-10-6-5-9-20(21)22)33(29(36)26(23)35)16-18-11-13-30-14-12-18/h2-15,24,31,35H,16H2,1H3. The van der Waals surface area contributed by atoms with Gasteiger partial charge < -0.3 is 15.0 Å². The van der Waals surface area contributed by atoms with Crippen molar-refractivity contribution in [3.63, 3.8) is 0 Å². The summed E-state index contributed by atoms with van der Waals surface area (Å²) in [4.78, 5) is 41.4. The number of ketones is 1. The van der Waals surface area contributed by atoms with E-state index in [4.69, 9.17) is 0 Å². The number of aryl methyl sites for hydroxylation is 1. The van der Waals surface area contributed by atoms with Gasteiger partial charge in [0.25, 0.3) is 5.91 Å². The molecule has 2 N–H and O–H groups in total. The van der Waals surface area contributed by atoms with Gasteiger partial charge in [0.2, 0.25) is 5.78 Å². The molecule has 37 heavy (non-hydrogen) atoms. The van der Waals surface area contributed by atoms with Crippen molar-refractivity contribution in [2.45, 2.75) is 19.5 Å². The monoisotopic (exact) mass is 506 g/mol. The van der Waals surface area contributed by atoms with Crippen molar-refractivity contribution in [1.29, 1.82) is 0 Å². The second-order valence-electron chi connectivity index (χ2n) is 8.87. The van der Waals surface area contributed by atoms with Gasteiger partial charge >= 0.3 is 0 Å². The number of nitrogens with zero attached hydrogens (tertiary/aromatic N) is 3. The Morgan fingerprint density at radius 2 is 1.78 bits per heavy atom. The fraction of sp³-hybridized carbons (Fsp3) is 0.103. The Kier molecular flexibility index (Phi) is 5.65. The first-order chi connectivity index (χ1) is 18.0.